The fourth-order valence-electron chi connectivity index (χ4n) is 5.23. The lowest BCUT2D eigenvalue weighted by molar-refractivity contribution is 0.0422. The molecule has 2 aromatic rings. The standard InChI is InChI=1S/C20H21N3O3/c1-21-19-14-8-7-13(11-14)16(12-5-3-2-4-6-12)23(19)22-10-9-15(24)18(25)17(22)20(21)26/h2-6,9-10,13-14,16,19,25H,7-8,11H2,1H3. The van der Waals surface area contributed by atoms with Crippen molar-refractivity contribution in [1.82, 2.24) is 9.58 Å². The molecule has 0 spiro atoms. The summed E-state index contributed by atoms with van der Waals surface area (Å²) in [6.45, 7) is 0. The van der Waals surface area contributed by atoms with Crippen LogP contribution in [0.2, 0.25) is 0 Å². The molecule has 3 heterocycles. The Morgan fingerprint density at radius 1 is 1.04 bits per heavy atom. The Kier molecular flexibility index (Phi) is 3.20. The third kappa shape index (κ3) is 1.92. The van der Waals surface area contributed by atoms with E-state index in [-0.39, 0.29) is 23.8 Å². The summed E-state index contributed by atoms with van der Waals surface area (Å²) < 4.78 is 1.73. The molecule has 3 aliphatic rings. The number of aromatic hydroxyl groups is 1. The van der Waals surface area contributed by atoms with Crippen LogP contribution in [-0.4, -0.2) is 33.8 Å². The van der Waals surface area contributed by atoms with E-state index in [0.29, 0.717) is 11.8 Å². The van der Waals surface area contributed by atoms with Gasteiger partial charge in [-0.05, 0) is 36.7 Å². The molecule has 26 heavy (non-hydrogen) atoms. The van der Waals surface area contributed by atoms with E-state index in [2.05, 4.69) is 17.1 Å². The molecular formula is C20H21N3O3. The number of carbonyl (C=O) groups is 1. The molecule has 1 aromatic carbocycles. The van der Waals surface area contributed by atoms with Gasteiger partial charge in [-0.1, -0.05) is 30.3 Å². The van der Waals surface area contributed by atoms with Crippen LogP contribution in [0.3, 0.4) is 0 Å². The molecule has 0 radical (unpaired) electrons. The van der Waals surface area contributed by atoms with E-state index in [1.165, 1.54) is 11.6 Å². The highest BCUT2D eigenvalue weighted by atomic mass is 16.3. The van der Waals surface area contributed by atoms with Crippen LogP contribution < -0.4 is 10.4 Å². The molecule has 1 aliphatic carbocycles. The molecule has 6 nitrogen and oxygen atoms in total. The summed E-state index contributed by atoms with van der Waals surface area (Å²) in [5.41, 5.74) is 0.751. The Balaban J connectivity index is 1.76. The van der Waals surface area contributed by atoms with Crippen LogP contribution in [0.15, 0.2) is 47.4 Å². The minimum atomic E-state index is -0.521. The molecule has 1 saturated carbocycles. The Labute approximate surface area is 151 Å². The van der Waals surface area contributed by atoms with Crippen LogP contribution in [0, 0.1) is 11.8 Å². The van der Waals surface area contributed by atoms with Gasteiger partial charge in [-0.25, -0.2) is 0 Å². The van der Waals surface area contributed by atoms with E-state index in [9.17, 15) is 14.7 Å². The van der Waals surface area contributed by atoms with Crippen molar-refractivity contribution in [3.05, 3.63) is 64.1 Å². The van der Waals surface area contributed by atoms with Crippen LogP contribution in [0.4, 0.5) is 0 Å². The number of carbonyl (C=O) groups excluding carboxylic acids is 1. The Morgan fingerprint density at radius 3 is 2.54 bits per heavy atom. The lowest BCUT2D eigenvalue weighted by Crippen LogP contribution is -2.65. The highest BCUT2D eigenvalue weighted by Crippen LogP contribution is 2.51. The largest absolute Gasteiger partial charge is 0.502 e. The van der Waals surface area contributed by atoms with Gasteiger partial charge < -0.3 is 10.0 Å². The molecule has 5 rings (SSSR count). The normalized spacial score (nSPS) is 29.5. The molecule has 2 aliphatic heterocycles. The van der Waals surface area contributed by atoms with Crippen molar-refractivity contribution in [3.8, 4) is 5.75 Å². The van der Waals surface area contributed by atoms with Gasteiger partial charge in [0.1, 0.15) is 6.17 Å². The molecule has 1 amide bonds. The molecule has 4 unspecified atom stereocenters. The molecule has 1 aromatic heterocycles. The zero-order chi connectivity index (χ0) is 18.0. The van der Waals surface area contributed by atoms with Crippen molar-refractivity contribution < 1.29 is 9.90 Å². The Bertz CT molecular complexity index is 939. The number of benzene rings is 1. The van der Waals surface area contributed by atoms with Gasteiger partial charge in [0.25, 0.3) is 5.91 Å². The van der Waals surface area contributed by atoms with Gasteiger partial charge in [0.2, 0.25) is 5.43 Å². The van der Waals surface area contributed by atoms with Crippen molar-refractivity contribution in [3.63, 3.8) is 0 Å². The van der Waals surface area contributed by atoms with E-state index in [0.717, 1.165) is 19.3 Å². The predicted octanol–water partition coefficient (Wildman–Crippen LogP) is 2.07. The number of amides is 1. The first-order valence-corrected chi connectivity index (χ1v) is 9.13. The second-order valence-electron chi connectivity index (χ2n) is 7.62. The summed E-state index contributed by atoms with van der Waals surface area (Å²) in [4.78, 5) is 26.6. The first-order chi connectivity index (χ1) is 12.6. The highest BCUT2D eigenvalue weighted by molar-refractivity contribution is 5.96. The molecule has 2 fully saturated rings. The maximum Gasteiger partial charge on any atom is 0.277 e. The summed E-state index contributed by atoms with van der Waals surface area (Å²) in [5, 5.41) is 12.5. The summed E-state index contributed by atoms with van der Waals surface area (Å²) in [6, 6.07) is 11.8. The SMILES string of the molecule is CN1C(=O)c2c(O)c(=O)ccn2N2C(c3ccccc3)C3CCC(C3)C12. The zero-order valence-electron chi connectivity index (χ0n) is 14.6. The average molecular weight is 351 g/mol. The number of hydrogen-bond acceptors (Lipinski definition) is 4. The minimum Gasteiger partial charge on any atom is -0.502 e. The highest BCUT2D eigenvalue weighted by Gasteiger charge is 2.53. The molecule has 6 heteroatoms. The van der Waals surface area contributed by atoms with Crippen molar-refractivity contribution in [2.24, 2.45) is 11.8 Å². The van der Waals surface area contributed by atoms with Gasteiger partial charge in [0.15, 0.2) is 11.4 Å². The lowest BCUT2D eigenvalue weighted by atomic mass is 9.84. The van der Waals surface area contributed by atoms with Crippen molar-refractivity contribution in [2.45, 2.75) is 31.5 Å². The van der Waals surface area contributed by atoms with E-state index in [1.807, 2.05) is 18.2 Å². The minimum absolute atomic E-state index is 0.0680. The lowest BCUT2D eigenvalue weighted by Gasteiger charge is -2.54. The molecule has 4 atom stereocenters. The van der Waals surface area contributed by atoms with Crippen molar-refractivity contribution in [2.75, 3.05) is 12.1 Å². The van der Waals surface area contributed by atoms with Crippen molar-refractivity contribution in [1.29, 1.82) is 0 Å². The van der Waals surface area contributed by atoms with Gasteiger partial charge in [0.05, 0.1) is 6.04 Å². The second kappa shape index (κ2) is 5.37. The maximum atomic E-state index is 12.9. The van der Waals surface area contributed by atoms with Crippen LogP contribution in [0.5, 0.6) is 5.75 Å². The topological polar surface area (TPSA) is 65.8 Å². The van der Waals surface area contributed by atoms with Gasteiger partial charge in [-0.15, -0.1) is 0 Å². The van der Waals surface area contributed by atoms with E-state index < -0.39 is 11.2 Å². The molecule has 1 N–H and O–H groups in total. The predicted molar refractivity (Wildman–Crippen MR) is 96.5 cm³/mol. The second-order valence-corrected chi connectivity index (χ2v) is 7.62. The zero-order valence-corrected chi connectivity index (χ0v) is 14.6. The first-order valence-electron chi connectivity index (χ1n) is 9.13. The fraction of sp³-hybridized carbons (Fsp3) is 0.400. The van der Waals surface area contributed by atoms with Gasteiger partial charge >= 0.3 is 0 Å². The van der Waals surface area contributed by atoms with Crippen molar-refractivity contribution >= 4 is 5.91 Å². The average Bonchev–Trinajstić information content (AvgIpc) is 3.06. The van der Waals surface area contributed by atoms with Gasteiger partial charge in [-0.3, -0.25) is 19.3 Å². The first kappa shape index (κ1) is 15.5. The number of hydrogen-bond donors (Lipinski definition) is 1. The van der Waals surface area contributed by atoms with E-state index in [4.69, 9.17) is 0 Å². The monoisotopic (exact) mass is 351 g/mol. The smallest absolute Gasteiger partial charge is 0.277 e. The van der Waals surface area contributed by atoms with E-state index in [1.54, 1.807) is 22.8 Å². The van der Waals surface area contributed by atoms with Gasteiger partial charge in [0, 0.05) is 19.3 Å². The summed E-state index contributed by atoms with van der Waals surface area (Å²) in [6.07, 6.45) is 4.88. The Hall–Kier alpha value is -2.76. The quantitative estimate of drug-likeness (QED) is 0.854. The number of piperidine rings is 1. The molecule has 134 valence electrons. The fourth-order valence-corrected chi connectivity index (χ4v) is 5.23. The van der Waals surface area contributed by atoms with Crippen LogP contribution in [0.25, 0.3) is 0 Å². The molecule has 1 saturated heterocycles. The van der Waals surface area contributed by atoms with Crippen LogP contribution in [-0.2, 0) is 0 Å². The summed E-state index contributed by atoms with van der Waals surface area (Å²) in [5.74, 6) is 0.143. The number of fused-ring (bicyclic) bond motifs is 6. The number of pyridine rings is 1. The number of aromatic nitrogens is 1. The van der Waals surface area contributed by atoms with Gasteiger partial charge in [-0.2, -0.15) is 0 Å². The third-order valence-corrected chi connectivity index (χ3v) is 6.30. The number of nitrogens with zero attached hydrogens (tertiary/aromatic N) is 3. The molecule has 2 bridgehead atoms. The summed E-state index contributed by atoms with van der Waals surface area (Å²) >= 11 is 0. The van der Waals surface area contributed by atoms with Crippen LogP contribution >= 0.6 is 0 Å². The van der Waals surface area contributed by atoms with Crippen LogP contribution in [0.1, 0.15) is 41.4 Å². The van der Waals surface area contributed by atoms with E-state index >= 15 is 0 Å². The Morgan fingerprint density at radius 2 is 1.77 bits per heavy atom. The third-order valence-electron chi connectivity index (χ3n) is 6.30. The molecular weight excluding hydrogens is 330 g/mol. The number of rotatable bonds is 1. The summed E-state index contributed by atoms with van der Waals surface area (Å²) in [7, 11) is 1.78. The maximum absolute atomic E-state index is 12.9.